The SMILES string of the molecule is CC(C)(C)OC(=O)[C@H](CNC(=O)c1ccc2c(cnn2CCNc2ncc[nH]2)c1)NC(=O)OCc1ccccc1. The second kappa shape index (κ2) is 12.8. The van der Waals surface area contributed by atoms with Crippen LogP contribution in [0.25, 0.3) is 10.9 Å². The van der Waals surface area contributed by atoms with Gasteiger partial charge in [-0.2, -0.15) is 5.10 Å². The second-order valence-electron chi connectivity index (χ2n) is 10.0. The zero-order valence-corrected chi connectivity index (χ0v) is 22.6. The van der Waals surface area contributed by atoms with E-state index in [1.807, 2.05) is 41.1 Å². The average molecular weight is 548 g/mol. The molecule has 0 aliphatic carbocycles. The number of H-pyrrole nitrogens is 1. The van der Waals surface area contributed by atoms with Crippen molar-refractivity contribution in [3.05, 3.63) is 78.2 Å². The number of carbonyl (C=O) groups is 3. The minimum absolute atomic E-state index is 0.0344. The number of ether oxygens (including phenoxy) is 2. The van der Waals surface area contributed by atoms with E-state index in [0.717, 1.165) is 16.5 Å². The standard InChI is InChI=1S/C28H33N7O5/c1-28(2,3)40-25(37)22(34-27(38)39-18-19-7-5-4-6-8-19)17-32-24(36)20-9-10-23-21(15-20)16-33-35(23)14-13-31-26-29-11-12-30-26/h4-12,15-16,22H,13-14,17-18H2,1-3H3,(H,32,36)(H,34,38)(H2,29,30,31)/t22-/m0/s1. The highest BCUT2D eigenvalue weighted by Gasteiger charge is 2.28. The van der Waals surface area contributed by atoms with Crippen LogP contribution in [-0.2, 0) is 27.4 Å². The van der Waals surface area contributed by atoms with Gasteiger partial charge in [-0.25, -0.2) is 14.6 Å². The lowest BCUT2D eigenvalue weighted by atomic mass is 10.1. The first-order valence-corrected chi connectivity index (χ1v) is 12.8. The van der Waals surface area contributed by atoms with Gasteiger partial charge in [-0.05, 0) is 44.5 Å². The molecule has 0 aliphatic heterocycles. The Morgan fingerprint density at radius 2 is 1.90 bits per heavy atom. The summed E-state index contributed by atoms with van der Waals surface area (Å²) in [6.07, 6.45) is 4.29. The molecular formula is C28H33N7O5. The summed E-state index contributed by atoms with van der Waals surface area (Å²) in [7, 11) is 0. The molecule has 210 valence electrons. The Morgan fingerprint density at radius 1 is 1.10 bits per heavy atom. The van der Waals surface area contributed by atoms with Crippen molar-refractivity contribution in [3.63, 3.8) is 0 Å². The Kier molecular flexibility index (Phi) is 9.00. The van der Waals surface area contributed by atoms with Crippen molar-refractivity contribution in [2.24, 2.45) is 0 Å². The predicted octanol–water partition coefficient (Wildman–Crippen LogP) is 3.24. The van der Waals surface area contributed by atoms with Crippen molar-refractivity contribution in [2.45, 2.75) is 45.6 Å². The number of aromatic amines is 1. The number of alkyl carbamates (subject to hydrolysis) is 1. The van der Waals surface area contributed by atoms with E-state index in [9.17, 15) is 14.4 Å². The van der Waals surface area contributed by atoms with Crippen LogP contribution in [0.5, 0.6) is 0 Å². The molecule has 4 rings (SSSR count). The highest BCUT2D eigenvalue weighted by Crippen LogP contribution is 2.16. The molecule has 0 spiro atoms. The average Bonchev–Trinajstić information content (AvgIpc) is 3.59. The van der Waals surface area contributed by atoms with Gasteiger partial charge in [0.05, 0.1) is 18.3 Å². The van der Waals surface area contributed by atoms with Crippen molar-refractivity contribution in [3.8, 4) is 0 Å². The van der Waals surface area contributed by atoms with Crippen LogP contribution in [-0.4, -0.2) is 62.5 Å². The lowest BCUT2D eigenvalue weighted by Gasteiger charge is -2.24. The van der Waals surface area contributed by atoms with Crippen LogP contribution in [0.4, 0.5) is 10.7 Å². The number of esters is 1. The first-order valence-electron chi connectivity index (χ1n) is 12.8. The Balaban J connectivity index is 1.35. The molecule has 2 amide bonds. The molecule has 2 aromatic heterocycles. The fourth-order valence-corrected chi connectivity index (χ4v) is 3.82. The van der Waals surface area contributed by atoms with E-state index in [4.69, 9.17) is 9.47 Å². The summed E-state index contributed by atoms with van der Waals surface area (Å²) in [5, 5.41) is 13.6. The number of rotatable bonds is 11. The minimum Gasteiger partial charge on any atom is -0.458 e. The molecule has 0 aliphatic rings. The van der Waals surface area contributed by atoms with Gasteiger partial charge >= 0.3 is 12.1 Å². The van der Waals surface area contributed by atoms with Gasteiger partial charge in [0.2, 0.25) is 0 Å². The molecular weight excluding hydrogens is 514 g/mol. The number of imidazole rings is 1. The lowest BCUT2D eigenvalue weighted by Crippen LogP contribution is -2.50. The first-order chi connectivity index (χ1) is 19.2. The number of fused-ring (bicyclic) bond motifs is 1. The molecule has 40 heavy (non-hydrogen) atoms. The first kappa shape index (κ1) is 28.1. The summed E-state index contributed by atoms with van der Waals surface area (Å²) < 4.78 is 12.5. The number of carbonyl (C=O) groups excluding carboxylic acids is 3. The highest BCUT2D eigenvalue weighted by atomic mass is 16.6. The molecule has 0 fully saturated rings. The van der Waals surface area contributed by atoms with Crippen LogP contribution in [0, 0.1) is 0 Å². The minimum atomic E-state index is -1.15. The van der Waals surface area contributed by atoms with Crippen LogP contribution >= 0.6 is 0 Å². The zero-order valence-electron chi connectivity index (χ0n) is 22.6. The topological polar surface area (TPSA) is 152 Å². The Bertz CT molecular complexity index is 1430. The molecule has 0 saturated carbocycles. The fourth-order valence-electron chi connectivity index (χ4n) is 3.82. The van der Waals surface area contributed by atoms with E-state index in [1.165, 1.54) is 0 Å². The monoisotopic (exact) mass is 547 g/mol. The summed E-state index contributed by atoms with van der Waals surface area (Å²) in [6.45, 7) is 6.21. The number of benzene rings is 2. The van der Waals surface area contributed by atoms with Crippen LogP contribution in [0.2, 0.25) is 0 Å². The lowest BCUT2D eigenvalue weighted by molar-refractivity contribution is -0.157. The van der Waals surface area contributed by atoms with E-state index >= 15 is 0 Å². The molecule has 0 bridgehead atoms. The Labute approximate surface area is 231 Å². The van der Waals surface area contributed by atoms with Gasteiger partial charge in [-0.3, -0.25) is 9.48 Å². The van der Waals surface area contributed by atoms with Crippen LogP contribution in [0.3, 0.4) is 0 Å². The highest BCUT2D eigenvalue weighted by molar-refractivity contribution is 5.98. The zero-order chi connectivity index (χ0) is 28.5. The molecule has 1 atom stereocenters. The number of aromatic nitrogens is 4. The van der Waals surface area contributed by atoms with Crippen LogP contribution in [0.15, 0.2) is 67.1 Å². The number of anilines is 1. The van der Waals surface area contributed by atoms with Gasteiger partial charge in [0.15, 0.2) is 5.95 Å². The van der Waals surface area contributed by atoms with Gasteiger partial charge in [-0.1, -0.05) is 30.3 Å². The second-order valence-corrected chi connectivity index (χ2v) is 10.0. The van der Waals surface area contributed by atoms with Crippen molar-refractivity contribution in [2.75, 3.05) is 18.4 Å². The van der Waals surface area contributed by atoms with E-state index in [-0.39, 0.29) is 13.2 Å². The van der Waals surface area contributed by atoms with Gasteiger partial charge < -0.3 is 30.4 Å². The summed E-state index contributed by atoms with van der Waals surface area (Å²) in [5.41, 5.74) is 1.27. The van der Waals surface area contributed by atoms with Crippen molar-refractivity contribution >= 4 is 34.8 Å². The predicted molar refractivity (Wildman–Crippen MR) is 149 cm³/mol. The van der Waals surface area contributed by atoms with Crippen molar-refractivity contribution in [1.82, 2.24) is 30.4 Å². The number of hydrogen-bond donors (Lipinski definition) is 4. The molecule has 4 N–H and O–H groups in total. The van der Waals surface area contributed by atoms with Crippen molar-refractivity contribution in [1.29, 1.82) is 0 Å². The van der Waals surface area contributed by atoms with Crippen molar-refractivity contribution < 1.29 is 23.9 Å². The number of hydrogen-bond acceptors (Lipinski definition) is 8. The molecule has 12 nitrogen and oxygen atoms in total. The third-order valence-corrected chi connectivity index (χ3v) is 5.68. The summed E-state index contributed by atoms with van der Waals surface area (Å²) in [5.74, 6) is -0.425. The Hall–Kier alpha value is -4.87. The van der Waals surface area contributed by atoms with E-state index in [1.54, 1.807) is 51.5 Å². The summed E-state index contributed by atoms with van der Waals surface area (Å²) in [4.78, 5) is 45.3. The number of nitrogens with one attached hydrogen (secondary N) is 4. The Morgan fingerprint density at radius 3 is 2.62 bits per heavy atom. The van der Waals surface area contributed by atoms with Crippen LogP contribution < -0.4 is 16.0 Å². The molecule has 0 unspecified atom stereocenters. The maximum Gasteiger partial charge on any atom is 0.408 e. The third kappa shape index (κ3) is 8.06. The molecule has 2 aromatic carbocycles. The van der Waals surface area contributed by atoms with Gasteiger partial charge in [0, 0.05) is 36.4 Å². The maximum absolute atomic E-state index is 13.0. The molecule has 0 saturated heterocycles. The smallest absolute Gasteiger partial charge is 0.408 e. The quantitative estimate of drug-likeness (QED) is 0.209. The summed E-state index contributed by atoms with van der Waals surface area (Å²) >= 11 is 0. The fraction of sp³-hybridized carbons (Fsp3) is 0.321. The summed E-state index contributed by atoms with van der Waals surface area (Å²) in [6, 6.07) is 13.2. The van der Waals surface area contributed by atoms with E-state index < -0.39 is 29.6 Å². The van der Waals surface area contributed by atoms with Gasteiger partial charge in [-0.15, -0.1) is 0 Å². The molecule has 0 radical (unpaired) electrons. The third-order valence-electron chi connectivity index (χ3n) is 5.68. The van der Waals surface area contributed by atoms with E-state index in [2.05, 4.69) is 31.0 Å². The van der Waals surface area contributed by atoms with Gasteiger partial charge in [0.25, 0.3) is 5.91 Å². The van der Waals surface area contributed by atoms with E-state index in [0.29, 0.717) is 24.6 Å². The normalized spacial score (nSPS) is 12.0. The van der Waals surface area contributed by atoms with Gasteiger partial charge in [0.1, 0.15) is 18.2 Å². The molecule has 4 aromatic rings. The molecule has 12 heteroatoms. The number of nitrogens with zero attached hydrogens (tertiary/aromatic N) is 3. The number of amides is 2. The van der Waals surface area contributed by atoms with Crippen LogP contribution in [0.1, 0.15) is 36.7 Å². The maximum atomic E-state index is 13.0. The molecule has 2 heterocycles. The largest absolute Gasteiger partial charge is 0.458 e.